The number of nitrogens with one attached hydrogen (secondary N) is 1. The Kier molecular flexibility index (Phi) is 7.68. The van der Waals surface area contributed by atoms with Gasteiger partial charge in [0.15, 0.2) is 5.78 Å². The molecular formula is C21H26N2O3. The molecule has 0 radical (unpaired) electrons. The summed E-state index contributed by atoms with van der Waals surface area (Å²) in [5.74, 6) is 0.597. The van der Waals surface area contributed by atoms with Gasteiger partial charge in [-0.1, -0.05) is 18.2 Å². The molecule has 1 amide bonds. The summed E-state index contributed by atoms with van der Waals surface area (Å²) in [7, 11) is 1.98. The molecule has 2 aromatic rings. The van der Waals surface area contributed by atoms with Crippen molar-refractivity contribution in [3.05, 3.63) is 60.2 Å². The second kappa shape index (κ2) is 10.2. The van der Waals surface area contributed by atoms with Crippen LogP contribution in [0.25, 0.3) is 0 Å². The SMILES string of the molecule is CCOc1ccc(C(=O)CCC(=O)NCCN(C)c2ccccc2)cc1. The predicted molar refractivity (Wildman–Crippen MR) is 104 cm³/mol. The third kappa shape index (κ3) is 6.24. The van der Waals surface area contributed by atoms with Crippen LogP contribution in [0.15, 0.2) is 54.6 Å². The van der Waals surface area contributed by atoms with Crippen LogP contribution in [0.4, 0.5) is 5.69 Å². The number of ether oxygens (including phenoxy) is 1. The zero-order chi connectivity index (χ0) is 18.8. The smallest absolute Gasteiger partial charge is 0.220 e. The second-order valence-corrected chi connectivity index (χ2v) is 5.99. The van der Waals surface area contributed by atoms with E-state index < -0.39 is 0 Å². The van der Waals surface area contributed by atoms with E-state index in [0.29, 0.717) is 25.3 Å². The fraction of sp³-hybridized carbons (Fsp3) is 0.333. The maximum absolute atomic E-state index is 12.2. The van der Waals surface area contributed by atoms with E-state index in [1.54, 1.807) is 24.3 Å². The molecule has 2 aromatic carbocycles. The van der Waals surface area contributed by atoms with E-state index in [0.717, 1.165) is 11.4 Å². The Morgan fingerprint density at radius 2 is 1.69 bits per heavy atom. The van der Waals surface area contributed by atoms with Crippen LogP contribution in [0.2, 0.25) is 0 Å². The van der Waals surface area contributed by atoms with Crippen LogP contribution in [0, 0.1) is 0 Å². The number of ketones is 1. The van der Waals surface area contributed by atoms with Crippen LogP contribution in [-0.2, 0) is 4.79 Å². The van der Waals surface area contributed by atoms with Crippen molar-refractivity contribution in [3.8, 4) is 5.75 Å². The van der Waals surface area contributed by atoms with Crippen molar-refractivity contribution in [2.75, 3.05) is 31.6 Å². The Morgan fingerprint density at radius 3 is 2.35 bits per heavy atom. The Labute approximate surface area is 155 Å². The first kappa shape index (κ1) is 19.5. The fourth-order valence-electron chi connectivity index (χ4n) is 2.54. The summed E-state index contributed by atoms with van der Waals surface area (Å²) in [5.41, 5.74) is 1.71. The van der Waals surface area contributed by atoms with Crippen molar-refractivity contribution in [1.29, 1.82) is 0 Å². The van der Waals surface area contributed by atoms with E-state index >= 15 is 0 Å². The van der Waals surface area contributed by atoms with Gasteiger partial charge in [-0.05, 0) is 43.3 Å². The standard InChI is InChI=1S/C21H26N2O3/c1-3-26-19-11-9-17(10-12-19)20(24)13-14-21(25)22-15-16-23(2)18-7-5-4-6-8-18/h4-12H,3,13-16H2,1-2H3,(H,22,25). The minimum absolute atomic E-state index is 0.0374. The van der Waals surface area contributed by atoms with Crippen LogP contribution in [0.5, 0.6) is 5.75 Å². The average molecular weight is 354 g/mol. The second-order valence-electron chi connectivity index (χ2n) is 5.99. The Morgan fingerprint density at radius 1 is 1.00 bits per heavy atom. The molecule has 0 bridgehead atoms. The molecule has 0 atom stereocenters. The normalized spacial score (nSPS) is 10.2. The lowest BCUT2D eigenvalue weighted by Gasteiger charge is -2.19. The van der Waals surface area contributed by atoms with Crippen LogP contribution >= 0.6 is 0 Å². The highest BCUT2D eigenvalue weighted by Crippen LogP contribution is 2.14. The molecule has 1 N–H and O–H groups in total. The van der Waals surface area contributed by atoms with Gasteiger partial charge in [0.25, 0.3) is 0 Å². The Bertz CT molecular complexity index is 699. The van der Waals surface area contributed by atoms with E-state index in [1.165, 1.54) is 0 Å². The largest absolute Gasteiger partial charge is 0.494 e. The molecule has 0 unspecified atom stereocenters. The first-order valence-electron chi connectivity index (χ1n) is 8.89. The van der Waals surface area contributed by atoms with Crippen LogP contribution < -0.4 is 15.0 Å². The van der Waals surface area contributed by atoms with Gasteiger partial charge in [-0.3, -0.25) is 9.59 Å². The van der Waals surface area contributed by atoms with E-state index in [2.05, 4.69) is 10.2 Å². The zero-order valence-corrected chi connectivity index (χ0v) is 15.4. The molecule has 5 nitrogen and oxygen atoms in total. The lowest BCUT2D eigenvalue weighted by Crippen LogP contribution is -2.33. The summed E-state index contributed by atoms with van der Waals surface area (Å²) in [4.78, 5) is 26.2. The number of anilines is 1. The topological polar surface area (TPSA) is 58.6 Å². The molecule has 0 saturated heterocycles. The number of likely N-dealkylation sites (N-methyl/N-ethyl adjacent to an activating group) is 1. The number of rotatable bonds is 10. The third-order valence-corrected chi connectivity index (χ3v) is 4.03. The molecule has 138 valence electrons. The number of hydrogen-bond donors (Lipinski definition) is 1. The number of para-hydroxylation sites is 1. The molecule has 0 aliphatic rings. The van der Waals surface area contributed by atoms with E-state index in [4.69, 9.17) is 4.74 Å². The highest BCUT2D eigenvalue weighted by Gasteiger charge is 2.10. The summed E-state index contributed by atoms with van der Waals surface area (Å²) >= 11 is 0. The van der Waals surface area contributed by atoms with Gasteiger partial charge in [-0.15, -0.1) is 0 Å². The molecule has 5 heteroatoms. The van der Waals surface area contributed by atoms with Crippen LogP contribution in [-0.4, -0.2) is 38.4 Å². The van der Waals surface area contributed by atoms with Crippen molar-refractivity contribution in [1.82, 2.24) is 5.32 Å². The van der Waals surface area contributed by atoms with Crippen LogP contribution in [0.1, 0.15) is 30.1 Å². The predicted octanol–water partition coefficient (Wildman–Crippen LogP) is 3.30. The average Bonchev–Trinajstić information content (AvgIpc) is 2.67. The fourth-order valence-corrected chi connectivity index (χ4v) is 2.54. The van der Waals surface area contributed by atoms with Gasteiger partial charge >= 0.3 is 0 Å². The summed E-state index contributed by atoms with van der Waals surface area (Å²) in [6.45, 7) is 3.76. The van der Waals surface area contributed by atoms with E-state index in [-0.39, 0.29) is 24.5 Å². The van der Waals surface area contributed by atoms with Gasteiger partial charge in [0.05, 0.1) is 6.61 Å². The molecular weight excluding hydrogens is 328 g/mol. The molecule has 0 aromatic heterocycles. The lowest BCUT2D eigenvalue weighted by atomic mass is 10.1. The molecule has 0 spiro atoms. The first-order chi connectivity index (χ1) is 12.6. The molecule has 0 heterocycles. The van der Waals surface area contributed by atoms with Crippen LogP contribution in [0.3, 0.4) is 0 Å². The highest BCUT2D eigenvalue weighted by atomic mass is 16.5. The number of carbonyl (C=O) groups is 2. The minimum atomic E-state index is -0.106. The zero-order valence-electron chi connectivity index (χ0n) is 15.4. The minimum Gasteiger partial charge on any atom is -0.494 e. The number of hydrogen-bond acceptors (Lipinski definition) is 4. The molecule has 0 aliphatic carbocycles. The quantitative estimate of drug-likeness (QED) is 0.665. The number of benzene rings is 2. The number of nitrogens with zero attached hydrogens (tertiary/aromatic N) is 1. The van der Waals surface area contributed by atoms with Gasteiger partial charge in [0.1, 0.15) is 5.75 Å². The van der Waals surface area contributed by atoms with Gasteiger partial charge in [0, 0.05) is 44.2 Å². The van der Waals surface area contributed by atoms with Crippen molar-refractivity contribution in [2.24, 2.45) is 0 Å². The monoisotopic (exact) mass is 354 g/mol. The van der Waals surface area contributed by atoms with E-state index in [9.17, 15) is 9.59 Å². The maximum atomic E-state index is 12.2. The summed E-state index contributed by atoms with van der Waals surface area (Å²) in [6.07, 6.45) is 0.398. The van der Waals surface area contributed by atoms with Crippen molar-refractivity contribution in [2.45, 2.75) is 19.8 Å². The van der Waals surface area contributed by atoms with Crippen molar-refractivity contribution >= 4 is 17.4 Å². The number of amides is 1. The van der Waals surface area contributed by atoms with Gasteiger partial charge in [0.2, 0.25) is 5.91 Å². The highest BCUT2D eigenvalue weighted by molar-refractivity contribution is 5.98. The molecule has 0 aliphatic heterocycles. The maximum Gasteiger partial charge on any atom is 0.220 e. The van der Waals surface area contributed by atoms with Gasteiger partial charge in [-0.2, -0.15) is 0 Å². The lowest BCUT2D eigenvalue weighted by molar-refractivity contribution is -0.121. The number of carbonyl (C=O) groups excluding carboxylic acids is 2. The molecule has 26 heavy (non-hydrogen) atoms. The number of Topliss-reactive ketones (excluding diaryl/α,β-unsaturated/α-hetero) is 1. The Hall–Kier alpha value is -2.82. The summed E-state index contributed by atoms with van der Waals surface area (Å²) < 4.78 is 5.35. The first-order valence-corrected chi connectivity index (χ1v) is 8.89. The van der Waals surface area contributed by atoms with Crippen molar-refractivity contribution < 1.29 is 14.3 Å². The summed E-state index contributed by atoms with van der Waals surface area (Å²) in [5, 5.41) is 2.86. The molecule has 2 rings (SSSR count). The van der Waals surface area contributed by atoms with Gasteiger partial charge < -0.3 is 15.0 Å². The molecule has 0 saturated carbocycles. The van der Waals surface area contributed by atoms with Crippen molar-refractivity contribution in [3.63, 3.8) is 0 Å². The summed E-state index contributed by atoms with van der Waals surface area (Å²) in [6, 6.07) is 17.0. The van der Waals surface area contributed by atoms with Gasteiger partial charge in [-0.25, -0.2) is 0 Å². The molecule has 0 fully saturated rings. The van der Waals surface area contributed by atoms with E-state index in [1.807, 2.05) is 44.3 Å². The third-order valence-electron chi connectivity index (χ3n) is 4.03. The Balaban J connectivity index is 1.68.